The molecule has 0 spiro atoms. The van der Waals surface area contributed by atoms with Crippen molar-refractivity contribution in [3.05, 3.63) is 40.2 Å². The molecule has 0 aliphatic carbocycles. The average molecular weight is 523 g/mol. The minimum absolute atomic E-state index is 0. The molecule has 0 unspecified atom stereocenters. The van der Waals surface area contributed by atoms with Crippen LogP contribution in [0, 0.1) is 34.9 Å². The minimum atomic E-state index is -3.08. The predicted octanol–water partition coefficient (Wildman–Crippen LogP) is 5.74. The van der Waals surface area contributed by atoms with Crippen molar-refractivity contribution in [3.8, 4) is 0 Å². The molecule has 0 saturated carbocycles. The van der Waals surface area contributed by atoms with E-state index in [0.717, 1.165) is 39.3 Å². The van der Waals surface area contributed by atoms with Gasteiger partial charge in [0.1, 0.15) is 0 Å². The fourth-order valence-electron chi connectivity index (χ4n) is 0.855. The molecule has 1 rings (SSSR count). The Labute approximate surface area is 188 Å². The summed E-state index contributed by atoms with van der Waals surface area (Å²) in [5, 5.41) is 10.8. The number of rotatable bonds is 0. The van der Waals surface area contributed by atoms with Gasteiger partial charge in [0.2, 0.25) is 0 Å². The second-order valence-electron chi connectivity index (χ2n) is 2.81. The third kappa shape index (κ3) is 171. The molecule has 1 heterocycles. The Kier molecular flexibility index (Phi) is 106. The first-order valence-corrected chi connectivity index (χ1v) is 5.25. The van der Waals surface area contributed by atoms with Gasteiger partial charge in [0.05, 0.1) is 0 Å². The smallest absolute Gasteiger partial charge is 0.154 e. The Morgan fingerprint density at radius 1 is 0.519 bits per heavy atom. The van der Waals surface area contributed by atoms with E-state index in [1.54, 1.807) is 0 Å². The van der Waals surface area contributed by atoms with E-state index in [4.69, 9.17) is 0 Å². The molecule has 0 aromatic carbocycles. The van der Waals surface area contributed by atoms with Gasteiger partial charge in [-0.2, -0.15) is 0 Å². The molecule has 0 aromatic rings. The Morgan fingerprint density at radius 3 is 0.889 bits per heavy atom. The zero-order valence-corrected chi connectivity index (χ0v) is 18.3. The standard InChI is InChI=1S/C6H14N3.3CF3.2CH3.3ClH.Ti/c1-2-8-5-6-9-4-3-7-1;3*2-1(3)4;;;;;;/h7-8H,1-6H2;;;;2*1H3;3*1H;/q6*-1;;;;. The molecule has 27 heavy (non-hydrogen) atoms. The molecule has 1 aliphatic rings. The van der Waals surface area contributed by atoms with E-state index in [1.807, 2.05) is 0 Å². The van der Waals surface area contributed by atoms with Crippen LogP contribution in [0.2, 0.25) is 0 Å². The van der Waals surface area contributed by atoms with E-state index >= 15 is 0 Å². The van der Waals surface area contributed by atoms with Crippen molar-refractivity contribution in [2.45, 2.75) is 0 Å². The maximum Gasteiger partial charge on any atom is 0.154 e. The summed E-state index contributed by atoms with van der Waals surface area (Å²) < 4.78 is 86.2. The summed E-state index contributed by atoms with van der Waals surface area (Å²) in [4.78, 5) is 0. The van der Waals surface area contributed by atoms with Crippen LogP contribution < -0.4 is 10.6 Å². The average Bonchev–Trinajstić information content (AvgIpc) is 2.41. The molecule has 1 saturated heterocycles. The van der Waals surface area contributed by atoms with E-state index in [-0.39, 0.29) is 73.8 Å². The van der Waals surface area contributed by atoms with Crippen molar-refractivity contribution in [1.82, 2.24) is 10.6 Å². The topological polar surface area (TPSA) is 38.2 Å². The Balaban J connectivity index is -0.0000000229. The predicted molar refractivity (Wildman–Crippen MR) is 93.1 cm³/mol. The second-order valence-corrected chi connectivity index (χ2v) is 2.81. The van der Waals surface area contributed by atoms with E-state index < -0.39 is 20.0 Å². The summed E-state index contributed by atoms with van der Waals surface area (Å²) in [5.74, 6) is 0. The van der Waals surface area contributed by atoms with E-state index in [0.29, 0.717) is 0 Å². The molecule has 1 aliphatic heterocycles. The van der Waals surface area contributed by atoms with Crippen molar-refractivity contribution in [3.63, 3.8) is 0 Å². The van der Waals surface area contributed by atoms with Crippen LogP contribution in [0.1, 0.15) is 0 Å². The first-order valence-electron chi connectivity index (χ1n) is 5.25. The van der Waals surface area contributed by atoms with Crippen molar-refractivity contribution in [2.75, 3.05) is 39.3 Å². The molecule has 176 valence electrons. The van der Waals surface area contributed by atoms with E-state index in [2.05, 4.69) is 16.0 Å². The molecule has 0 bridgehead atoms. The van der Waals surface area contributed by atoms with Crippen LogP contribution >= 0.6 is 37.2 Å². The summed E-state index contributed by atoms with van der Waals surface area (Å²) in [6.45, 7) is -3.06. The summed E-state index contributed by atoms with van der Waals surface area (Å²) >= 11 is 0. The number of nitrogens with zero attached hydrogens (tertiary/aromatic N) is 1. The van der Waals surface area contributed by atoms with Crippen molar-refractivity contribution < 1.29 is 61.2 Å². The second kappa shape index (κ2) is 50.5. The molecule has 16 heteroatoms. The number of hydrogen-bond acceptors (Lipinski definition) is 2. The summed E-state index contributed by atoms with van der Waals surface area (Å²) in [5.41, 5.74) is 0. The van der Waals surface area contributed by atoms with Crippen LogP contribution in [0.5, 0.6) is 0 Å². The Bertz CT molecular complexity index is 145. The third-order valence-electron chi connectivity index (χ3n) is 1.37. The van der Waals surface area contributed by atoms with Gasteiger partial charge in [0.25, 0.3) is 0 Å². The number of nitrogens with one attached hydrogen (secondary N) is 2. The van der Waals surface area contributed by atoms with Gasteiger partial charge in [-0.3, -0.25) is 0 Å². The monoisotopic (exact) mass is 521 g/mol. The van der Waals surface area contributed by atoms with Crippen LogP contribution in [-0.2, 0) is 21.7 Å². The van der Waals surface area contributed by atoms with Crippen LogP contribution in [0.4, 0.5) is 39.5 Å². The molecular weight excluding hydrogens is 499 g/mol. The molecule has 0 amide bonds. The first-order chi connectivity index (χ1) is 9.70. The van der Waals surface area contributed by atoms with E-state index in [1.165, 1.54) is 0 Å². The van der Waals surface area contributed by atoms with Crippen LogP contribution in [0.3, 0.4) is 0 Å². The van der Waals surface area contributed by atoms with Gasteiger partial charge in [-0.25, -0.2) is 0 Å². The SMILES string of the molecule is C1CNCCNCC[N-]1.Cl.Cl.Cl.F[C-](F)F.F[C-](F)F.F[C-](F)F.[CH3-].[CH3-].[Ti]. The van der Waals surface area contributed by atoms with Gasteiger partial charge >= 0.3 is 0 Å². The number of hydrogen-bond donors (Lipinski definition) is 2. The molecule has 2 N–H and O–H groups in total. The van der Waals surface area contributed by atoms with Crippen molar-refractivity contribution in [2.24, 2.45) is 0 Å². The van der Waals surface area contributed by atoms with Crippen molar-refractivity contribution >= 4 is 37.2 Å². The molecular formula is C11H23Cl3F9N3Ti-6. The molecule has 0 radical (unpaired) electrons. The minimum Gasteiger partial charge on any atom is -0.660 e. The fraction of sp³-hybridized carbons (Fsp3) is 0.545. The van der Waals surface area contributed by atoms with Gasteiger partial charge < -0.3 is 70.3 Å². The van der Waals surface area contributed by atoms with Gasteiger partial charge in [0, 0.05) is 34.8 Å². The zero-order valence-electron chi connectivity index (χ0n) is 14.3. The van der Waals surface area contributed by atoms with Crippen LogP contribution in [0.25, 0.3) is 5.32 Å². The number of halogens is 12. The normalized spacial score (nSPS) is 12.0. The van der Waals surface area contributed by atoms with E-state index in [9.17, 15) is 39.5 Å². The maximum absolute atomic E-state index is 9.58. The summed E-state index contributed by atoms with van der Waals surface area (Å²) in [6, 6.07) is 0. The third-order valence-corrected chi connectivity index (χ3v) is 1.37. The van der Waals surface area contributed by atoms with Gasteiger partial charge in [-0.05, 0) is 13.1 Å². The van der Waals surface area contributed by atoms with Crippen LogP contribution in [0.15, 0.2) is 0 Å². The first kappa shape index (κ1) is 56.5. The molecule has 1 fully saturated rings. The summed E-state index contributed by atoms with van der Waals surface area (Å²) in [6.07, 6.45) is 0. The van der Waals surface area contributed by atoms with Gasteiger partial charge in [-0.1, -0.05) is 0 Å². The summed E-state index contributed by atoms with van der Waals surface area (Å²) in [7, 11) is 0. The van der Waals surface area contributed by atoms with Gasteiger partial charge in [-0.15, -0.1) is 50.3 Å². The Morgan fingerprint density at radius 2 is 0.704 bits per heavy atom. The van der Waals surface area contributed by atoms with Crippen LogP contribution in [-0.4, -0.2) is 39.3 Å². The Hall–Kier alpha value is 0.834. The van der Waals surface area contributed by atoms with Gasteiger partial charge in [0.15, 0.2) is 20.0 Å². The molecule has 3 nitrogen and oxygen atoms in total. The van der Waals surface area contributed by atoms with Crippen molar-refractivity contribution in [1.29, 1.82) is 0 Å². The maximum atomic E-state index is 9.58. The molecule has 0 aromatic heterocycles. The quantitative estimate of drug-likeness (QED) is 0.242. The zero-order chi connectivity index (χ0) is 17.1. The largest absolute Gasteiger partial charge is 0.660 e. The fourth-order valence-corrected chi connectivity index (χ4v) is 0.855. The molecule has 0 atom stereocenters.